The number of Topliss-reactive ketones (excluding diaryl/α,β-unsaturated/α-hetero) is 1. The molecular formula is C16H18N2O. The summed E-state index contributed by atoms with van der Waals surface area (Å²) in [5.41, 5.74) is 6.77. The van der Waals surface area contributed by atoms with Gasteiger partial charge in [-0.05, 0) is 24.3 Å². The van der Waals surface area contributed by atoms with Crippen LogP contribution in [0.5, 0.6) is 0 Å². The molecule has 1 aromatic carbocycles. The minimum Gasteiger partial charge on any atom is -0.325 e. The molecule has 0 saturated heterocycles. The summed E-state index contributed by atoms with van der Waals surface area (Å²) in [6.07, 6.45) is 8.16. The van der Waals surface area contributed by atoms with E-state index in [1.54, 1.807) is 12.4 Å². The van der Waals surface area contributed by atoms with Crippen LogP contribution in [0.1, 0.15) is 42.5 Å². The molecule has 0 unspecified atom stereocenters. The molecule has 98 valence electrons. The number of aromatic nitrogens is 1. The van der Waals surface area contributed by atoms with Gasteiger partial charge in [-0.25, -0.2) is 0 Å². The largest absolute Gasteiger partial charge is 0.325 e. The van der Waals surface area contributed by atoms with Crippen molar-refractivity contribution in [3.63, 3.8) is 0 Å². The summed E-state index contributed by atoms with van der Waals surface area (Å²) in [5, 5.41) is 1.98. The van der Waals surface area contributed by atoms with Crippen LogP contribution in [0.3, 0.4) is 0 Å². The van der Waals surface area contributed by atoms with E-state index in [-0.39, 0.29) is 11.3 Å². The lowest BCUT2D eigenvalue weighted by atomic mass is 9.89. The molecule has 3 nitrogen and oxygen atoms in total. The third-order valence-corrected chi connectivity index (χ3v) is 4.10. The fraction of sp³-hybridized carbons (Fsp3) is 0.375. The summed E-state index contributed by atoms with van der Waals surface area (Å²) < 4.78 is 0. The molecule has 2 N–H and O–H groups in total. The number of pyridine rings is 1. The molecule has 3 rings (SSSR count). The zero-order valence-corrected chi connectivity index (χ0v) is 10.9. The maximum Gasteiger partial charge on any atom is 0.165 e. The van der Waals surface area contributed by atoms with Gasteiger partial charge in [-0.1, -0.05) is 31.0 Å². The van der Waals surface area contributed by atoms with Crippen molar-refractivity contribution < 1.29 is 4.79 Å². The van der Waals surface area contributed by atoms with E-state index in [2.05, 4.69) is 4.98 Å². The number of nitrogens with zero attached hydrogens (tertiary/aromatic N) is 1. The first-order valence-corrected chi connectivity index (χ1v) is 6.83. The maximum atomic E-state index is 12.5. The van der Waals surface area contributed by atoms with Crippen molar-refractivity contribution in [3.05, 3.63) is 42.2 Å². The molecular weight excluding hydrogens is 236 g/mol. The third kappa shape index (κ3) is 2.38. The van der Waals surface area contributed by atoms with Gasteiger partial charge in [0.1, 0.15) is 0 Å². The Bertz CT molecular complexity index is 610. The van der Waals surface area contributed by atoms with Crippen molar-refractivity contribution in [3.8, 4) is 0 Å². The Morgan fingerprint density at radius 3 is 2.84 bits per heavy atom. The summed E-state index contributed by atoms with van der Waals surface area (Å²) in [7, 11) is 0. The number of hydrogen-bond donors (Lipinski definition) is 1. The lowest BCUT2D eigenvalue weighted by molar-refractivity contribution is 0.0954. The van der Waals surface area contributed by atoms with E-state index in [0.29, 0.717) is 6.42 Å². The van der Waals surface area contributed by atoms with Crippen LogP contribution in [0, 0.1) is 0 Å². The molecule has 3 heteroatoms. The molecule has 1 aliphatic carbocycles. The van der Waals surface area contributed by atoms with Gasteiger partial charge in [-0.3, -0.25) is 9.78 Å². The number of carbonyl (C=O) groups excluding carboxylic acids is 1. The van der Waals surface area contributed by atoms with Gasteiger partial charge < -0.3 is 5.73 Å². The van der Waals surface area contributed by atoms with Gasteiger partial charge in [0.25, 0.3) is 0 Å². The van der Waals surface area contributed by atoms with Crippen LogP contribution in [-0.4, -0.2) is 16.3 Å². The second-order valence-electron chi connectivity index (χ2n) is 5.57. The van der Waals surface area contributed by atoms with Crippen LogP contribution >= 0.6 is 0 Å². The Balaban J connectivity index is 1.93. The van der Waals surface area contributed by atoms with Gasteiger partial charge in [0.15, 0.2) is 5.78 Å². The van der Waals surface area contributed by atoms with E-state index in [4.69, 9.17) is 5.73 Å². The summed E-state index contributed by atoms with van der Waals surface area (Å²) >= 11 is 0. The van der Waals surface area contributed by atoms with Crippen molar-refractivity contribution in [1.82, 2.24) is 4.98 Å². The third-order valence-electron chi connectivity index (χ3n) is 4.10. The first-order valence-electron chi connectivity index (χ1n) is 6.83. The normalized spacial score (nSPS) is 17.7. The van der Waals surface area contributed by atoms with Gasteiger partial charge in [-0.15, -0.1) is 0 Å². The second kappa shape index (κ2) is 4.74. The van der Waals surface area contributed by atoms with Crippen molar-refractivity contribution >= 4 is 16.6 Å². The van der Waals surface area contributed by atoms with Crippen molar-refractivity contribution in [2.24, 2.45) is 5.73 Å². The molecule has 19 heavy (non-hydrogen) atoms. The molecule has 0 spiro atoms. The number of carbonyl (C=O) groups is 1. The van der Waals surface area contributed by atoms with E-state index >= 15 is 0 Å². The molecule has 1 heterocycles. The van der Waals surface area contributed by atoms with Crippen LogP contribution in [0.15, 0.2) is 36.7 Å². The quantitative estimate of drug-likeness (QED) is 0.856. The van der Waals surface area contributed by atoms with Crippen LogP contribution < -0.4 is 5.73 Å². The maximum absolute atomic E-state index is 12.5. The predicted molar refractivity (Wildman–Crippen MR) is 76.1 cm³/mol. The number of fused-ring (bicyclic) bond motifs is 1. The van der Waals surface area contributed by atoms with Gasteiger partial charge in [0.05, 0.1) is 0 Å². The smallest absolute Gasteiger partial charge is 0.165 e. The summed E-state index contributed by atoms with van der Waals surface area (Å²) in [5.74, 6) is 0.142. The lowest BCUT2D eigenvalue weighted by Crippen LogP contribution is -2.38. The highest BCUT2D eigenvalue weighted by Crippen LogP contribution is 2.32. The fourth-order valence-electron chi connectivity index (χ4n) is 3.03. The molecule has 0 bridgehead atoms. The molecule has 1 saturated carbocycles. The first kappa shape index (κ1) is 12.3. The molecule has 0 aliphatic heterocycles. The topological polar surface area (TPSA) is 56.0 Å². The zero-order chi connectivity index (χ0) is 13.3. The Labute approximate surface area is 112 Å². The fourth-order valence-corrected chi connectivity index (χ4v) is 3.03. The van der Waals surface area contributed by atoms with E-state index in [1.807, 2.05) is 24.3 Å². The average molecular weight is 254 g/mol. The van der Waals surface area contributed by atoms with Gasteiger partial charge >= 0.3 is 0 Å². The van der Waals surface area contributed by atoms with Crippen LogP contribution in [-0.2, 0) is 0 Å². The molecule has 0 radical (unpaired) electrons. The Hall–Kier alpha value is -1.74. The average Bonchev–Trinajstić information content (AvgIpc) is 2.84. The molecule has 2 aromatic rings. The number of benzene rings is 1. The van der Waals surface area contributed by atoms with Crippen molar-refractivity contribution in [2.75, 3.05) is 0 Å². The highest BCUT2D eigenvalue weighted by Gasteiger charge is 2.32. The number of nitrogens with two attached hydrogens (primary N) is 1. The first-order chi connectivity index (χ1) is 9.18. The van der Waals surface area contributed by atoms with Gasteiger partial charge in [0, 0.05) is 35.3 Å². The number of ketones is 1. The second-order valence-corrected chi connectivity index (χ2v) is 5.57. The van der Waals surface area contributed by atoms with Crippen LogP contribution in [0.4, 0.5) is 0 Å². The lowest BCUT2D eigenvalue weighted by Gasteiger charge is -2.22. The summed E-state index contributed by atoms with van der Waals surface area (Å²) in [6, 6.07) is 7.74. The minimum absolute atomic E-state index is 0.142. The van der Waals surface area contributed by atoms with Crippen molar-refractivity contribution in [1.29, 1.82) is 0 Å². The van der Waals surface area contributed by atoms with E-state index in [1.165, 1.54) is 0 Å². The van der Waals surface area contributed by atoms with Crippen LogP contribution in [0.2, 0.25) is 0 Å². The molecule has 1 aliphatic rings. The standard InChI is InChI=1S/C16H18N2O/c17-16(7-1-2-8-16)10-15(19)13-5-3-4-12-6-9-18-11-14(12)13/h3-6,9,11H,1-2,7-8,10,17H2. The summed E-state index contributed by atoms with van der Waals surface area (Å²) in [6.45, 7) is 0. The van der Waals surface area contributed by atoms with E-state index < -0.39 is 0 Å². The van der Waals surface area contributed by atoms with Gasteiger partial charge in [-0.2, -0.15) is 0 Å². The Kier molecular flexibility index (Phi) is 3.07. The number of rotatable bonds is 3. The van der Waals surface area contributed by atoms with Crippen molar-refractivity contribution in [2.45, 2.75) is 37.6 Å². The molecule has 0 atom stereocenters. The Morgan fingerprint density at radius 1 is 1.26 bits per heavy atom. The van der Waals surface area contributed by atoms with Crippen LogP contribution in [0.25, 0.3) is 10.8 Å². The minimum atomic E-state index is -0.290. The summed E-state index contributed by atoms with van der Waals surface area (Å²) in [4.78, 5) is 16.6. The number of hydrogen-bond acceptors (Lipinski definition) is 3. The molecule has 1 aromatic heterocycles. The Morgan fingerprint density at radius 2 is 2.05 bits per heavy atom. The highest BCUT2D eigenvalue weighted by atomic mass is 16.1. The SMILES string of the molecule is NC1(CC(=O)c2cccc3ccncc23)CCCC1. The van der Waals surface area contributed by atoms with E-state index in [0.717, 1.165) is 42.0 Å². The van der Waals surface area contributed by atoms with E-state index in [9.17, 15) is 4.79 Å². The monoisotopic (exact) mass is 254 g/mol. The predicted octanol–water partition coefficient (Wildman–Crippen LogP) is 3.08. The highest BCUT2D eigenvalue weighted by molar-refractivity contribution is 6.08. The molecule has 1 fully saturated rings. The zero-order valence-electron chi connectivity index (χ0n) is 10.9. The van der Waals surface area contributed by atoms with Gasteiger partial charge in [0.2, 0.25) is 0 Å². The molecule has 0 amide bonds.